The summed E-state index contributed by atoms with van der Waals surface area (Å²) in [6.07, 6.45) is -0.428. The molecule has 0 spiro atoms. The number of carbonyl (C=O) groups is 2. The van der Waals surface area contributed by atoms with Gasteiger partial charge in [0.25, 0.3) is 0 Å². The second-order valence-corrected chi connectivity index (χ2v) is 9.28. The first-order valence-corrected chi connectivity index (χ1v) is 11.5. The van der Waals surface area contributed by atoms with Crippen molar-refractivity contribution in [3.05, 3.63) is 57.8 Å². The molecule has 0 bridgehead atoms. The van der Waals surface area contributed by atoms with Crippen molar-refractivity contribution in [2.75, 3.05) is 20.3 Å². The van der Waals surface area contributed by atoms with Gasteiger partial charge in [0.05, 0.1) is 25.9 Å². The summed E-state index contributed by atoms with van der Waals surface area (Å²) in [6.45, 7) is 1.02. The maximum Gasteiger partial charge on any atom is 0.341 e. The van der Waals surface area contributed by atoms with Gasteiger partial charge in [-0.1, -0.05) is 28.1 Å². The lowest BCUT2D eigenvalue weighted by atomic mass is 9.81. The molecule has 0 aromatic heterocycles. The maximum atomic E-state index is 13.5. The van der Waals surface area contributed by atoms with Gasteiger partial charge in [0.2, 0.25) is 5.91 Å². The molecule has 8 nitrogen and oxygen atoms in total. The van der Waals surface area contributed by atoms with E-state index >= 15 is 0 Å². The molecule has 10 heteroatoms. The predicted octanol–water partition coefficient (Wildman–Crippen LogP) is 3.91. The minimum atomic E-state index is -1.15. The Morgan fingerprint density at radius 2 is 1.91 bits per heavy atom. The highest BCUT2D eigenvalue weighted by atomic mass is 79.9. The molecule has 3 N–H and O–H groups in total. The highest BCUT2D eigenvalue weighted by molar-refractivity contribution is 9.10. The SMILES string of the molecule is COc1cc(Br)cc([C@H]2C[C@@](C)(NC(=O)CCO)C[C@@H](c3ccc(F)cc3)O2)c1OCC(=O)O. The molecule has 1 heterocycles. The standard InChI is InChI=1S/C24H27BrFNO7/c1-24(27-21(29)7-8-28)11-19(14-3-5-16(26)6-4-14)34-20(12-24)17-9-15(25)10-18(32-2)23(17)33-13-22(30)31/h3-6,9-10,19-20,28H,7-8,11-13H2,1-2H3,(H,27,29)(H,30,31)/t19-,20+,24-/m0/s1. The zero-order valence-corrected chi connectivity index (χ0v) is 20.4. The molecular formula is C24H27BrFNO7. The molecule has 1 fully saturated rings. The number of methoxy groups -OCH3 is 1. The molecule has 2 aromatic carbocycles. The van der Waals surface area contributed by atoms with E-state index in [0.29, 0.717) is 28.6 Å². The lowest BCUT2D eigenvalue weighted by Gasteiger charge is -2.43. The van der Waals surface area contributed by atoms with Crippen LogP contribution in [0.4, 0.5) is 4.39 Å². The summed E-state index contributed by atoms with van der Waals surface area (Å²) in [7, 11) is 1.45. The van der Waals surface area contributed by atoms with E-state index in [2.05, 4.69) is 21.2 Å². The van der Waals surface area contributed by atoms with Crippen LogP contribution in [0.5, 0.6) is 11.5 Å². The van der Waals surface area contributed by atoms with Gasteiger partial charge in [0.15, 0.2) is 18.1 Å². The summed E-state index contributed by atoms with van der Waals surface area (Å²) in [5.41, 5.74) is 0.527. The third-order valence-corrected chi connectivity index (χ3v) is 6.04. The smallest absolute Gasteiger partial charge is 0.341 e. The average Bonchev–Trinajstić information content (AvgIpc) is 2.77. The highest BCUT2D eigenvalue weighted by Crippen LogP contribution is 2.48. The Morgan fingerprint density at radius 3 is 2.53 bits per heavy atom. The zero-order chi connectivity index (χ0) is 24.9. The number of hydrogen-bond donors (Lipinski definition) is 3. The number of halogens is 2. The molecule has 0 aliphatic carbocycles. The van der Waals surface area contributed by atoms with E-state index < -0.39 is 30.3 Å². The quantitative estimate of drug-likeness (QED) is 0.442. The average molecular weight is 540 g/mol. The van der Waals surface area contributed by atoms with Crippen LogP contribution >= 0.6 is 15.9 Å². The van der Waals surface area contributed by atoms with Crippen molar-refractivity contribution in [3.63, 3.8) is 0 Å². The predicted molar refractivity (Wildman–Crippen MR) is 124 cm³/mol. The number of aliphatic hydroxyl groups is 1. The number of rotatable bonds is 9. The summed E-state index contributed by atoms with van der Waals surface area (Å²) >= 11 is 3.45. The molecule has 2 aromatic rings. The number of hydrogen-bond acceptors (Lipinski definition) is 6. The summed E-state index contributed by atoms with van der Waals surface area (Å²) in [6, 6.07) is 9.35. The molecular weight excluding hydrogens is 513 g/mol. The molecule has 0 unspecified atom stereocenters. The van der Waals surface area contributed by atoms with Crippen LogP contribution in [0, 0.1) is 5.82 Å². The number of carboxylic acids is 1. The van der Waals surface area contributed by atoms with E-state index in [1.165, 1.54) is 19.2 Å². The molecule has 3 atom stereocenters. The lowest BCUT2D eigenvalue weighted by molar-refractivity contribution is -0.139. The van der Waals surface area contributed by atoms with Crippen molar-refractivity contribution >= 4 is 27.8 Å². The van der Waals surface area contributed by atoms with E-state index in [0.717, 1.165) is 5.56 Å². The second-order valence-electron chi connectivity index (χ2n) is 8.36. The Labute approximate surface area is 205 Å². The van der Waals surface area contributed by atoms with Crippen molar-refractivity contribution < 1.29 is 38.4 Å². The minimum absolute atomic E-state index is 0.0417. The third-order valence-electron chi connectivity index (χ3n) is 5.58. The monoisotopic (exact) mass is 539 g/mol. The molecule has 1 amide bonds. The largest absolute Gasteiger partial charge is 0.493 e. The normalized spacial score (nSPS) is 22.1. The van der Waals surface area contributed by atoms with Crippen molar-refractivity contribution in [3.8, 4) is 11.5 Å². The molecule has 3 rings (SSSR count). The van der Waals surface area contributed by atoms with E-state index in [1.54, 1.807) is 24.3 Å². The Morgan fingerprint density at radius 1 is 1.24 bits per heavy atom. The Balaban J connectivity index is 2.04. The van der Waals surface area contributed by atoms with Crippen molar-refractivity contribution in [2.24, 2.45) is 0 Å². The van der Waals surface area contributed by atoms with Gasteiger partial charge in [-0.15, -0.1) is 0 Å². The summed E-state index contributed by atoms with van der Waals surface area (Å²) in [4.78, 5) is 23.5. The lowest BCUT2D eigenvalue weighted by Crippen LogP contribution is -2.51. The topological polar surface area (TPSA) is 114 Å². The highest BCUT2D eigenvalue weighted by Gasteiger charge is 2.41. The number of benzene rings is 2. The number of nitrogens with one attached hydrogen (secondary N) is 1. The van der Waals surface area contributed by atoms with Gasteiger partial charge in [-0.05, 0) is 36.8 Å². The number of aliphatic carboxylic acids is 1. The van der Waals surface area contributed by atoms with Crippen LogP contribution in [0.15, 0.2) is 40.9 Å². The zero-order valence-electron chi connectivity index (χ0n) is 18.8. The van der Waals surface area contributed by atoms with Crippen LogP contribution in [0.25, 0.3) is 0 Å². The van der Waals surface area contributed by atoms with E-state index in [9.17, 15) is 14.0 Å². The van der Waals surface area contributed by atoms with Gasteiger partial charge in [-0.25, -0.2) is 9.18 Å². The minimum Gasteiger partial charge on any atom is -0.493 e. The van der Waals surface area contributed by atoms with Crippen LogP contribution in [0.3, 0.4) is 0 Å². The second kappa shape index (κ2) is 11.2. The molecule has 1 saturated heterocycles. The fourth-order valence-corrected chi connectivity index (χ4v) is 4.58. The van der Waals surface area contributed by atoms with E-state index in [4.69, 9.17) is 24.4 Å². The third kappa shape index (κ3) is 6.46. The fraction of sp³-hybridized carbons (Fsp3) is 0.417. The molecule has 34 heavy (non-hydrogen) atoms. The van der Waals surface area contributed by atoms with E-state index in [-0.39, 0.29) is 30.5 Å². The van der Waals surface area contributed by atoms with Crippen LogP contribution in [-0.4, -0.2) is 48.0 Å². The van der Waals surface area contributed by atoms with Crippen LogP contribution < -0.4 is 14.8 Å². The van der Waals surface area contributed by atoms with Crippen molar-refractivity contribution in [1.29, 1.82) is 0 Å². The first kappa shape index (κ1) is 25.9. The van der Waals surface area contributed by atoms with Gasteiger partial charge in [-0.2, -0.15) is 0 Å². The molecule has 0 saturated carbocycles. The van der Waals surface area contributed by atoms with Gasteiger partial charge >= 0.3 is 5.97 Å². The molecule has 1 aliphatic heterocycles. The molecule has 0 radical (unpaired) electrons. The summed E-state index contributed by atoms with van der Waals surface area (Å²) < 4.78 is 31.6. The number of ether oxygens (including phenoxy) is 3. The number of amides is 1. The van der Waals surface area contributed by atoms with Gasteiger partial charge in [0.1, 0.15) is 5.82 Å². The van der Waals surface area contributed by atoms with Crippen molar-refractivity contribution in [2.45, 2.75) is 43.9 Å². The van der Waals surface area contributed by atoms with Gasteiger partial charge in [-0.3, -0.25) is 4.79 Å². The van der Waals surface area contributed by atoms with Crippen LogP contribution in [0.1, 0.15) is 49.5 Å². The Kier molecular flexibility index (Phi) is 8.51. The van der Waals surface area contributed by atoms with Crippen LogP contribution in [-0.2, 0) is 14.3 Å². The number of carboxylic acid groups (broad SMARTS) is 1. The van der Waals surface area contributed by atoms with E-state index in [1.807, 2.05) is 6.92 Å². The molecule has 1 aliphatic rings. The van der Waals surface area contributed by atoms with Gasteiger partial charge in [0, 0.05) is 34.8 Å². The molecule has 184 valence electrons. The van der Waals surface area contributed by atoms with Crippen molar-refractivity contribution in [1.82, 2.24) is 5.32 Å². The fourth-order valence-electron chi connectivity index (χ4n) is 4.12. The Bertz CT molecular complexity index is 1030. The van der Waals surface area contributed by atoms with Gasteiger partial charge < -0.3 is 29.7 Å². The first-order valence-electron chi connectivity index (χ1n) is 10.7. The first-order chi connectivity index (χ1) is 16.1. The van der Waals surface area contributed by atoms with Crippen LogP contribution in [0.2, 0.25) is 0 Å². The summed E-state index contributed by atoms with van der Waals surface area (Å²) in [5.74, 6) is -1.29. The number of aliphatic hydroxyl groups excluding tert-OH is 1. The Hall–Kier alpha value is -2.69. The maximum absolute atomic E-state index is 13.5. The summed E-state index contributed by atoms with van der Waals surface area (Å²) in [5, 5.41) is 21.3. The number of carbonyl (C=O) groups excluding carboxylic acids is 1.